The lowest BCUT2D eigenvalue weighted by molar-refractivity contribution is 0.252. The van der Waals surface area contributed by atoms with Crippen molar-refractivity contribution in [2.24, 2.45) is 0 Å². The third-order valence-corrected chi connectivity index (χ3v) is 5.36. The molecule has 0 aliphatic carbocycles. The molecular formula is C18H25ClN6. The Morgan fingerprint density at radius 3 is 2.72 bits per heavy atom. The third kappa shape index (κ3) is 3.80. The molecule has 3 rings (SSSR count). The van der Waals surface area contributed by atoms with Gasteiger partial charge in [0.1, 0.15) is 12.0 Å². The van der Waals surface area contributed by atoms with Crippen molar-refractivity contribution in [3.8, 4) is 0 Å². The summed E-state index contributed by atoms with van der Waals surface area (Å²) >= 11 is 6.20. The zero-order valence-corrected chi connectivity index (χ0v) is 15.7. The molecular weight excluding hydrogens is 336 g/mol. The number of nitrogens with two attached hydrogens (primary N) is 1. The van der Waals surface area contributed by atoms with Crippen LogP contribution < -0.4 is 16.0 Å². The lowest BCUT2D eigenvalue weighted by atomic mass is 10.0. The van der Waals surface area contributed by atoms with E-state index in [1.165, 1.54) is 0 Å². The van der Waals surface area contributed by atoms with E-state index < -0.39 is 0 Å². The molecule has 2 heterocycles. The molecule has 25 heavy (non-hydrogen) atoms. The molecule has 0 unspecified atom stereocenters. The second kappa shape index (κ2) is 7.45. The van der Waals surface area contributed by atoms with Crippen molar-refractivity contribution < 1.29 is 0 Å². The number of hydrogen-bond donors (Lipinski definition) is 2. The Bertz CT molecular complexity index is 742. The van der Waals surface area contributed by atoms with Gasteiger partial charge in [0.05, 0.1) is 0 Å². The Morgan fingerprint density at radius 1 is 1.28 bits per heavy atom. The first-order valence-electron chi connectivity index (χ1n) is 8.51. The van der Waals surface area contributed by atoms with Crippen LogP contribution in [0.15, 0.2) is 24.5 Å². The molecule has 3 N–H and O–H groups in total. The van der Waals surface area contributed by atoms with E-state index in [2.05, 4.69) is 39.2 Å². The van der Waals surface area contributed by atoms with Crippen LogP contribution in [0.3, 0.4) is 0 Å². The topological polar surface area (TPSA) is 70.3 Å². The smallest absolute Gasteiger partial charge is 0.159 e. The fourth-order valence-corrected chi connectivity index (χ4v) is 3.37. The summed E-state index contributed by atoms with van der Waals surface area (Å²) in [7, 11) is 4.22. The molecule has 7 heteroatoms. The minimum Gasteiger partial charge on any atom is -0.393 e. The molecule has 0 spiro atoms. The van der Waals surface area contributed by atoms with Gasteiger partial charge < -0.3 is 20.9 Å². The van der Waals surface area contributed by atoms with Crippen LogP contribution in [0.5, 0.6) is 0 Å². The Balaban J connectivity index is 1.83. The second-order valence-electron chi connectivity index (χ2n) is 6.64. The molecule has 1 saturated heterocycles. The van der Waals surface area contributed by atoms with E-state index in [4.69, 9.17) is 17.3 Å². The molecule has 1 fully saturated rings. The number of halogens is 1. The highest BCUT2D eigenvalue weighted by Gasteiger charge is 2.24. The van der Waals surface area contributed by atoms with E-state index in [0.29, 0.717) is 22.6 Å². The lowest BCUT2D eigenvalue weighted by Crippen LogP contribution is -2.42. The minimum atomic E-state index is 0.439. The normalized spacial score (nSPS) is 16.0. The first kappa shape index (κ1) is 17.8. The SMILES string of the molecule is Cc1c(Cl)cccc1Nc1ncnc(N(C)C2CCN(C)CC2)c1N. The Labute approximate surface area is 154 Å². The van der Waals surface area contributed by atoms with Crippen LogP contribution in [0.2, 0.25) is 5.02 Å². The number of nitrogens with zero attached hydrogens (tertiary/aromatic N) is 4. The number of anilines is 4. The van der Waals surface area contributed by atoms with Crippen molar-refractivity contribution >= 4 is 34.6 Å². The van der Waals surface area contributed by atoms with Crippen molar-refractivity contribution in [2.75, 3.05) is 43.1 Å². The fraction of sp³-hybridized carbons (Fsp3) is 0.444. The van der Waals surface area contributed by atoms with Gasteiger partial charge in [-0.15, -0.1) is 0 Å². The standard InChI is InChI=1S/C18H25ClN6/c1-12-14(19)5-4-6-15(12)23-17-16(20)18(22-11-21-17)25(3)13-7-9-24(2)10-8-13/h4-6,11,13H,7-10,20H2,1-3H3,(H,21,22,23). The van der Waals surface area contributed by atoms with Crippen LogP contribution in [0.1, 0.15) is 18.4 Å². The molecule has 0 amide bonds. The van der Waals surface area contributed by atoms with Crippen LogP contribution in [-0.2, 0) is 0 Å². The molecule has 1 aromatic carbocycles. The summed E-state index contributed by atoms with van der Waals surface area (Å²) in [5.74, 6) is 1.38. The first-order valence-corrected chi connectivity index (χ1v) is 8.89. The molecule has 0 bridgehead atoms. The first-order chi connectivity index (χ1) is 12.0. The van der Waals surface area contributed by atoms with Gasteiger partial charge in [0.25, 0.3) is 0 Å². The van der Waals surface area contributed by atoms with Crippen molar-refractivity contribution in [1.82, 2.24) is 14.9 Å². The maximum absolute atomic E-state index is 6.38. The average Bonchev–Trinajstić information content (AvgIpc) is 2.61. The maximum Gasteiger partial charge on any atom is 0.159 e. The van der Waals surface area contributed by atoms with Gasteiger partial charge in [-0.05, 0) is 57.6 Å². The number of hydrogen-bond acceptors (Lipinski definition) is 6. The number of piperidine rings is 1. The van der Waals surface area contributed by atoms with E-state index >= 15 is 0 Å². The molecule has 0 saturated carbocycles. The Kier molecular flexibility index (Phi) is 5.30. The highest BCUT2D eigenvalue weighted by molar-refractivity contribution is 6.31. The number of nitrogens with one attached hydrogen (secondary N) is 1. The fourth-order valence-electron chi connectivity index (χ4n) is 3.19. The summed E-state index contributed by atoms with van der Waals surface area (Å²) in [6.07, 6.45) is 3.76. The quantitative estimate of drug-likeness (QED) is 0.871. The van der Waals surface area contributed by atoms with Crippen LogP contribution in [0.25, 0.3) is 0 Å². The van der Waals surface area contributed by atoms with E-state index in [-0.39, 0.29) is 0 Å². The largest absolute Gasteiger partial charge is 0.393 e. The molecule has 1 aromatic heterocycles. The molecule has 134 valence electrons. The molecule has 0 radical (unpaired) electrons. The van der Waals surface area contributed by atoms with Crippen LogP contribution in [0.4, 0.5) is 23.0 Å². The monoisotopic (exact) mass is 360 g/mol. The highest BCUT2D eigenvalue weighted by atomic mass is 35.5. The maximum atomic E-state index is 6.38. The molecule has 2 aromatic rings. The molecule has 0 atom stereocenters. The van der Waals surface area contributed by atoms with Gasteiger partial charge in [0.15, 0.2) is 11.6 Å². The second-order valence-corrected chi connectivity index (χ2v) is 7.05. The summed E-state index contributed by atoms with van der Waals surface area (Å²) in [5, 5.41) is 4.00. The Hall–Kier alpha value is -2.05. The van der Waals surface area contributed by atoms with Crippen molar-refractivity contribution in [1.29, 1.82) is 0 Å². The number of nitrogen functional groups attached to an aromatic ring is 1. The van der Waals surface area contributed by atoms with Gasteiger partial charge in [-0.25, -0.2) is 9.97 Å². The summed E-state index contributed by atoms with van der Waals surface area (Å²) < 4.78 is 0. The lowest BCUT2D eigenvalue weighted by Gasteiger charge is -2.36. The molecule has 1 aliphatic heterocycles. The average molecular weight is 361 g/mol. The zero-order valence-electron chi connectivity index (χ0n) is 15.0. The van der Waals surface area contributed by atoms with Gasteiger partial charge in [-0.1, -0.05) is 17.7 Å². The van der Waals surface area contributed by atoms with E-state index in [1.54, 1.807) is 6.33 Å². The predicted molar refractivity (Wildman–Crippen MR) is 105 cm³/mol. The number of aromatic nitrogens is 2. The van der Waals surface area contributed by atoms with Crippen LogP contribution in [0, 0.1) is 6.92 Å². The van der Waals surface area contributed by atoms with Gasteiger partial charge in [-0.2, -0.15) is 0 Å². The van der Waals surface area contributed by atoms with Gasteiger partial charge in [-0.3, -0.25) is 0 Å². The molecule has 1 aliphatic rings. The summed E-state index contributed by atoms with van der Waals surface area (Å²) in [6.45, 7) is 4.15. The number of rotatable bonds is 4. The van der Waals surface area contributed by atoms with Gasteiger partial charge >= 0.3 is 0 Å². The van der Waals surface area contributed by atoms with Gasteiger partial charge in [0.2, 0.25) is 0 Å². The van der Waals surface area contributed by atoms with Crippen LogP contribution in [-0.4, -0.2) is 48.1 Å². The number of likely N-dealkylation sites (tertiary alicyclic amines) is 1. The van der Waals surface area contributed by atoms with E-state index in [0.717, 1.165) is 43.0 Å². The van der Waals surface area contributed by atoms with E-state index in [9.17, 15) is 0 Å². The van der Waals surface area contributed by atoms with E-state index in [1.807, 2.05) is 25.1 Å². The Morgan fingerprint density at radius 2 is 2.00 bits per heavy atom. The van der Waals surface area contributed by atoms with Crippen molar-refractivity contribution in [2.45, 2.75) is 25.8 Å². The van der Waals surface area contributed by atoms with Gasteiger partial charge in [0, 0.05) is 23.8 Å². The third-order valence-electron chi connectivity index (χ3n) is 4.95. The zero-order chi connectivity index (χ0) is 18.0. The van der Waals surface area contributed by atoms with Crippen molar-refractivity contribution in [3.05, 3.63) is 35.1 Å². The summed E-state index contributed by atoms with van der Waals surface area (Å²) in [4.78, 5) is 13.3. The summed E-state index contributed by atoms with van der Waals surface area (Å²) in [6, 6.07) is 6.17. The molecule has 6 nitrogen and oxygen atoms in total. The van der Waals surface area contributed by atoms with Crippen LogP contribution >= 0.6 is 11.6 Å². The predicted octanol–water partition coefficient (Wildman–Crippen LogP) is 3.29. The summed E-state index contributed by atoms with van der Waals surface area (Å²) in [5.41, 5.74) is 8.80. The minimum absolute atomic E-state index is 0.439. The van der Waals surface area contributed by atoms with Crippen molar-refractivity contribution in [3.63, 3.8) is 0 Å². The number of benzene rings is 1. The highest BCUT2D eigenvalue weighted by Crippen LogP contribution is 2.32.